The molecular formula is C7H12O5. The van der Waals surface area contributed by atoms with Gasteiger partial charge in [-0.05, 0) is 0 Å². The molecule has 0 bridgehead atoms. The second-order valence-corrected chi connectivity index (χ2v) is 2.21. The minimum Gasteiger partial charge on any atom is -0.437 e. The van der Waals surface area contributed by atoms with Crippen LogP contribution >= 0.6 is 0 Å². The Bertz CT molecular complexity index is 122. The number of rotatable bonds is 0. The molecule has 0 aromatic carbocycles. The van der Waals surface area contributed by atoms with Gasteiger partial charge in [-0.15, -0.1) is 0 Å². The van der Waals surface area contributed by atoms with Crippen LogP contribution in [0.25, 0.3) is 0 Å². The Kier molecular flexibility index (Phi) is 4.67. The van der Waals surface area contributed by atoms with Gasteiger partial charge in [0.05, 0.1) is 26.4 Å². The van der Waals surface area contributed by atoms with Crippen LogP contribution < -0.4 is 0 Å². The van der Waals surface area contributed by atoms with E-state index < -0.39 is 5.97 Å². The molecule has 0 amide bonds. The smallest absolute Gasteiger partial charge is 0.334 e. The lowest BCUT2D eigenvalue weighted by Gasteiger charge is -2.03. The first-order valence-electron chi connectivity index (χ1n) is 3.78. The third kappa shape index (κ3) is 4.27. The molecule has 1 saturated heterocycles. The van der Waals surface area contributed by atoms with Gasteiger partial charge in [-0.3, -0.25) is 0 Å². The van der Waals surface area contributed by atoms with Gasteiger partial charge in [0.25, 0.3) is 0 Å². The average molecular weight is 176 g/mol. The number of carbonyl (C=O) groups is 1. The van der Waals surface area contributed by atoms with E-state index >= 15 is 0 Å². The van der Waals surface area contributed by atoms with Gasteiger partial charge < -0.3 is 18.9 Å². The Morgan fingerprint density at radius 2 is 1.58 bits per heavy atom. The first-order chi connectivity index (χ1) is 5.89. The van der Waals surface area contributed by atoms with Crippen LogP contribution in [0.4, 0.5) is 0 Å². The first-order valence-corrected chi connectivity index (χ1v) is 3.78. The standard InChI is InChI=1S/C7H12O5/c8-7-5-10-3-1-9-2-4-11-6-12-7/h1-6H2. The Labute approximate surface area is 70.5 Å². The fourth-order valence-corrected chi connectivity index (χ4v) is 0.701. The molecule has 5 heteroatoms. The molecule has 1 rings (SSSR count). The Balaban J connectivity index is 2.17. The summed E-state index contributed by atoms with van der Waals surface area (Å²) in [6, 6.07) is 0. The number of carbonyl (C=O) groups excluding carboxylic acids is 1. The van der Waals surface area contributed by atoms with Crippen LogP contribution in [0.15, 0.2) is 0 Å². The van der Waals surface area contributed by atoms with E-state index in [2.05, 4.69) is 4.74 Å². The molecule has 1 fully saturated rings. The lowest BCUT2D eigenvalue weighted by atomic mass is 10.7. The molecule has 1 aliphatic rings. The van der Waals surface area contributed by atoms with Crippen LogP contribution in [0.5, 0.6) is 0 Å². The summed E-state index contributed by atoms with van der Waals surface area (Å²) < 4.78 is 19.6. The zero-order valence-corrected chi connectivity index (χ0v) is 6.78. The molecule has 0 radical (unpaired) electrons. The molecule has 0 aromatic heterocycles. The van der Waals surface area contributed by atoms with Crippen molar-refractivity contribution in [1.82, 2.24) is 0 Å². The minimum absolute atomic E-state index is 0.0223. The van der Waals surface area contributed by atoms with Crippen molar-refractivity contribution in [2.24, 2.45) is 0 Å². The number of hydrogen-bond acceptors (Lipinski definition) is 5. The van der Waals surface area contributed by atoms with Crippen molar-refractivity contribution in [2.75, 3.05) is 39.8 Å². The van der Waals surface area contributed by atoms with Crippen LogP contribution in [0.2, 0.25) is 0 Å². The normalized spacial score (nSPS) is 22.5. The van der Waals surface area contributed by atoms with Gasteiger partial charge >= 0.3 is 5.97 Å². The van der Waals surface area contributed by atoms with E-state index in [1.165, 1.54) is 0 Å². The van der Waals surface area contributed by atoms with Crippen molar-refractivity contribution in [3.63, 3.8) is 0 Å². The first kappa shape index (κ1) is 9.44. The number of cyclic esters (lactones) is 1. The molecule has 0 spiro atoms. The molecular weight excluding hydrogens is 164 g/mol. The molecule has 0 atom stereocenters. The van der Waals surface area contributed by atoms with E-state index in [1.54, 1.807) is 0 Å². The maximum absolute atomic E-state index is 10.7. The molecule has 5 nitrogen and oxygen atoms in total. The largest absolute Gasteiger partial charge is 0.437 e. The molecule has 1 aliphatic heterocycles. The third-order valence-electron chi connectivity index (χ3n) is 1.27. The fraction of sp³-hybridized carbons (Fsp3) is 0.857. The Hall–Kier alpha value is -0.650. The van der Waals surface area contributed by atoms with Crippen molar-refractivity contribution in [1.29, 1.82) is 0 Å². The van der Waals surface area contributed by atoms with Gasteiger partial charge in [-0.1, -0.05) is 0 Å². The highest BCUT2D eigenvalue weighted by atomic mass is 16.7. The Morgan fingerprint density at radius 3 is 2.42 bits per heavy atom. The molecule has 0 unspecified atom stereocenters. The fourth-order valence-electron chi connectivity index (χ4n) is 0.701. The average Bonchev–Trinajstić information content (AvgIpc) is 2.11. The SMILES string of the molecule is O=C1COCCOCCOCO1. The van der Waals surface area contributed by atoms with Crippen molar-refractivity contribution in [3.8, 4) is 0 Å². The highest BCUT2D eigenvalue weighted by Crippen LogP contribution is 1.87. The number of hydrogen-bond donors (Lipinski definition) is 0. The topological polar surface area (TPSA) is 54.0 Å². The predicted molar refractivity (Wildman–Crippen MR) is 38.5 cm³/mol. The summed E-state index contributed by atoms with van der Waals surface area (Å²) in [6.45, 7) is 1.78. The van der Waals surface area contributed by atoms with Crippen molar-refractivity contribution in [3.05, 3.63) is 0 Å². The van der Waals surface area contributed by atoms with Gasteiger partial charge in [-0.2, -0.15) is 0 Å². The highest BCUT2D eigenvalue weighted by Gasteiger charge is 2.03. The van der Waals surface area contributed by atoms with Gasteiger partial charge in [-0.25, -0.2) is 4.79 Å². The molecule has 12 heavy (non-hydrogen) atoms. The maximum atomic E-state index is 10.7. The second kappa shape index (κ2) is 5.93. The molecule has 0 saturated carbocycles. The molecule has 0 N–H and O–H groups in total. The van der Waals surface area contributed by atoms with E-state index in [1.807, 2.05) is 0 Å². The third-order valence-corrected chi connectivity index (χ3v) is 1.27. The van der Waals surface area contributed by atoms with Crippen LogP contribution in [0.1, 0.15) is 0 Å². The molecule has 70 valence electrons. The molecule has 0 aliphatic carbocycles. The summed E-state index contributed by atoms with van der Waals surface area (Å²) in [5.41, 5.74) is 0. The summed E-state index contributed by atoms with van der Waals surface area (Å²) in [5.74, 6) is -0.406. The summed E-state index contributed by atoms with van der Waals surface area (Å²) in [4.78, 5) is 10.7. The predicted octanol–water partition coefficient (Wildman–Crippen LogP) is -0.450. The lowest BCUT2D eigenvalue weighted by molar-refractivity contribution is -0.160. The van der Waals surface area contributed by atoms with E-state index in [0.717, 1.165) is 0 Å². The van der Waals surface area contributed by atoms with E-state index in [-0.39, 0.29) is 13.4 Å². The zero-order chi connectivity index (χ0) is 8.65. The number of esters is 1. The maximum Gasteiger partial charge on any atom is 0.334 e. The van der Waals surface area contributed by atoms with Crippen molar-refractivity contribution in [2.45, 2.75) is 0 Å². The lowest BCUT2D eigenvalue weighted by Crippen LogP contribution is -2.15. The van der Waals surface area contributed by atoms with Crippen molar-refractivity contribution >= 4 is 5.97 Å². The van der Waals surface area contributed by atoms with E-state index in [0.29, 0.717) is 26.4 Å². The van der Waals surface area contributed by atoms with Gasteiger partial charge in [0, 0.05) is 0 Å². The second-order valence-electron chi connectivity index (χ2n) is 2.21. The monoisotopic (exact) mass is 176 g/mol. The van der Waals surface area contributed by atoms with Crippen molar-refractivity contribution < 1.29 is 23.7 Å². The summed E-state index contributed by atoms with van der Waals surface area (Å²) in [5, 5.41) is 0. The van der Waals surface area contributed by atoms with Gasteiger partial charge in [0.2, 0.25) is 0 Å². The highest BCUT2D eigenvalue weighted by molar-refractivity contribution is 5.70. The zero-order valence-electron chi connectivity index (χ0n) is 6.78. The Morgan fingerprint density at radius 1 is 0.917 bits per heavy atom. The van der Waals surface area contributed by atoms with E-state index in [4.69, 9.17) is 14.2 Å². The minimum atomic E-state index is -0.406. The summed E-state index contributed by atoms with van der Waals surface area (Å²) >= 11 is 0. The van der Waals surface area contributed by atoms with Crippen LogP contribution in [0, 0.1) is 0 Å². The summed E-state index contributed by atoms with van der Waals surface area (Å²) in [6.07, 6.45) is 0. The van der Waals surface area contributed by atoms with Crippen LogP contribution in [-0.4, -0.2) is 45.8 Å². The summed E-state index contributed by atoms with van der Waals surface area (Å²) in [7, 11) is 0. The van der Waals surface area contributed by atoms with Crippen LogP contribution in [0.3, 0.4) is 0 Å². The van der Waals surface area contributed by atoms with Crippen LogP contribution in [-0.2, 0) is 23.7 Å². The molecule has 0 aromatic rings. The quantitative estimate of drug-likeness (QED) is 0.468. The van der Waals surface area contributed by atoms with Gasteiger partial charge in [0.1, 0.15) is 6.61 Å². The van der Waals surface area contributed by atoms with Gasteiger partial charge in [0.15, 0.2) is 6.79 Å². The van der Waals surface area contributed by atoms with E-state index in [9.17, 15) is 4.79 Å². The molecule has 1 heterocycles. The number of ether oxygens (including phenoxy) is 4.